The van der Waals surface area contributed by atoms with Crippen LogP contribution in [0.25, 0.3) is 0 Å². The molecule has 76 valence electrons. The van der Waals surface area contributed by atoms with Gasteiger partial charge in [-0.25, -0.2) is 4.39 Å². The van der Waals surface area contributed by atoms with Crippen LogP contribution in [0.3, 0.4) is 0 Å². The first kappa shape index (κ1) is 9.31. The Bertz CT molecular complexity index is 338. The predicted octanol–water partition coefficient (Wildman–Crippen LogP) is 2.62. The van der Waals surface area contributed by atoms with Gasteiger partial charge in [-0.2, -0.15) is 0 Å². The maximum atomic E-state index is 12.7. The third kappa shape index (κ3) is 1.81. The second-order valence-electron chi connectivity index (χ2n) is 3.89. The van der Waals surface area contributed by atoms with Gasteiger partial charge in [-0.3, -0.25) is 0 Å². The molecule has 2 atom stereocenters. The molecule has 0 heterocycles. The van der Waals surface area contributed by atoms with Crippen molar-refractivity contribution < 1.29 is 4.39 Å². The van der Waals surface area contributed by atoms with Crippen LogP contribution in [0.2, 0.25) is 0 Å². The Labute approximate surface area is 83.3 Å². The number of benzene rings is 1. The molecule has 1 fully saturated rings. The summed E-state index contributed by atoms with van der Waals surface area (Å²) in [5, 5.41) is 3.32. The average molecular weight is 194 g/mol. The second kappa shape index (κ2) is 3.48. The van der Waals surface area contributed by atoms with E-state index in [9.17, 15) is 4.39 Å². The number of nitrogens with one attached hydrogen (secondary N) is 1. The van der Waals surface area contributed by atoms with E-state index in [1.54, 1.807) is 6.07 Å². The first-order chi connectivity index (χ1) is 6.70. The van der Waals surface area contributed by atoms with E-state index in [0.29, 0.717) is 11.7 Å². The van der Waals surface area contributed by atoms with Crippen LogP contribution in [0.15, 0.2) is 18.2 Å². The molecule has 0 saturated heterocycles. The SMILES string of the molecule is CCC1CC1Nc1ccc(F)cc1N. The molecule has 1 saturated carbocycles. The molecule has 1 aromatic rings. The smallest absolute Gasteiger partial charge is 0.125 e. The Morgan fingerprint density at radius 2 is 2.36 bits per heavy atom. The molecule has 1 aliphatic carbocycles. The molecule has 2 rings (SSSR count). The summed E-state index contributed by atoms with van der Waals surface area (Å²) >= 11 is 0. The van der Waals surface area contributed by atoms with Crippen LogP contribution < -0.4 is 11.1 Å². The number of anilines is 2. The molecule has 0 spiro atoms. The van der Waals surface area contributed by atoms with Gasteiger partial charge >= 0.3 is 0 Å². The van der Waals surface area contributed by atoms with Crippen LogP contribution in [-0.4, -0.2) is 6.04 Å². The summed E-state index contributed by atoms with van der Waals surface area (Å²) in [6.45, 7) is 2.18. The monoisotopic (exact) mass is 194 g/mol. The zero-order valence-corrected chi connectivity index (χ0v) is 8.26. The van der Waals surface area contributed by atoms with Gasteiger partial charge in [-0.05, 0) is 30.5 Å². The summed E-state index contributed by atoms with van der Waals surface area (Å²) < 4.78 is 12.7. The van der Waals surface area contributed by atoms with Crippen molar-refractivity contribution in [2.75, 3.05) is 11.1 Å². The van der Waals surface area contributed by atoms with Gasteiger partial charge in [0.25, 0.3) is 0 Å². The summed E-state index contributed by atoms with van der Waals surface area (Å²) in [7, 11) is 0. The Hall–Kier alpha value is -1.25. The molecule has 0 bridgehead atoms. The van der Waals surface area contributed by atoms with Crippen molar-refractivity contribution in [3.63, 3.8) is 0 Å². The van der Waals surface area contributed by atoms with Crippen molar-refractivity contribution >= 4 is 11.4 Å². The van der Waals surface area contributed by atoms with Crippen molar-refractivity contribution in [2.45, 2.75) is 25.8 Å². The lowest BCUT2D eigenvalue weighted by Crippen LogP contribution is -2.06. The Morgan fingerprint density at radius 1 is 1.57 bits per heavy atom. The van der Waals surface area contributed by atoms with Gasteiger partial charge in [0, 0.05) is 6.04 Å². The van der Waals surface area contributed by atoms with E-state index in [4.69, 9.17) is 5.73 Å². The third-order valence-electron chi connectivity index (χ3n) is 2.80. The molecule has 0 radical (unpaired) electrons. The van der Waals surface area contributed by atoms with Crippen molar-refractivity contribution in [2.24, 2.45) is 5.92 Å². The lowest BCUT2D eigenvalue weighted by Gasteiger charge is -2.08. The molecule has 3 heteroatoms. The first-order valence-corrected chi connectivity index (χ1v) is 5.02. The Kier molecular flexibility index (Phi) is 2.32. The maximum absolute atomic E-state index is 12.7. The van der Waals surface area contributed by atoms with Gasteiger partial charge in [0.2, 0.25) is 0 Å². The highest BCUT2D eigenvalue weighted by atomic mass is 19.1. The molecule has 0 amide bonds. The van der Waals surface area contributed by atoms with Crippen LogP contribution in [0.5, 0.6) is 0 Å². The molecule has 1 aliphatic rings. The van der Waals surface area contributed by atoms with E-state index in [1.165, 1.54) is 25.0 Å². The number of rotatable bonds is 3. The minimum Gasteiger partial charge on any atom is -0.397 e. The summed E-state index contributed by atoms with van der Waals surface area (Å²) in [5.74, 6) is 0.482. The normalized spacial score (nSPS) is 24.7. The molecule has 3 N–H and O–H groups in total. The minimum absolute atomic E-state index is 0.282. The van der Waals surface area contributed by atoms with Gasteiger partial charge in [-0.15, -0.1) is 0 Å². The van der Waals surface area contributed by atoms with Crippen molar-refractivity contribution in [3.8, 4) is 0 Å². The summed E-state index contributed by atoms with van der Waals surface area (Å²) in [6, 6.07) is 5.02. The second-order valence-corrected chi connectivity index (χ2v) is 3.89. The fourth-order valence-electron chi connectivity index (χ4n) is 1.74. The molecule has 1 aromatic carbocycles. The van der Waals surface area contributed by atoms with Gasteiger partial charge in [0.05, 0.1) is 11.4 Å². The predicted molar refractivity (Wildman–Crippen MR) is 56.6 cm³/mol. The zero-order chi connectivity index (χ0) is 10.1. The van der Waals surface area contributed by atoms with Crippen molar-refractivity contribution in [1.29, 1.82) is 0 Å². The van der Waals surface area contributed by atoms with Crippen LogP contribution in [0, 0.1) is 11.7 Å². The van der Waals surface area contributed by atoms with E-state index in [2.05, 4.69) is 12.2 Å². The van der Waals surface area contributed by atoms with Gasteiger partial charge in [0.15, 0.2) is 0 Å². The topological polar surface area (TPSA) is 38.0 Å². The summed E-state index contributed by atoms with van der Waals surface area (Å²) in [4.78, 5) is 0. The fraction of sp³-hybridized carbons (Fsp3) is 0.455. The number of hydrogen-bond acceptors (Lipinski definition) is 2. The molecule has 0 aromatic heterocycles. The molecular formula is C11H15FN2. The lowest BCUT2D eigenvalue weighted by atomic mass is 10.2. The van der Waals surface area contributed by atoms with Crippen LogP contribution in [-0.2, 0) is 0 Å². The van der Waals surface area contributed by atoms with Crippen molar-refractivity contribution in [3.05, 3.63) is 24.0 Å². The molecule has 14 heavy (non-hydrogen) atoms. The van der Waals surface area contributed by atoms with Crippen LogP contribution >= 0.6 is 0 Å². The standard InChI is InChI=1S/C11H15FN2/c1-2-7-5-11(7)14-10-4-3-8(12)6-9(10)13/h3-4,6-7,11,14H,2,5,13H2,1H3. The zero-order valence-electron chi connectivity index (χ0n) is 8.26. The van der Waals surface area contributed by atoms with E-state index in [1.807, 2.05) is 0 Å². The van der Waals surface area contributed by atoms with E-state index in [-0.39, 0.29) is 5.82 Å². The Balaban J connectivity index is 2.03. The molecule has 0 aliphatic heterocycles. The highest BCUT2D eigenvalue weighted by Crippen LogP contribution is 2.37. The lowest BCUT2D eigenvalue weighted by molar-refractivity contribution is 0.628. The highest BCUT2D eigenvalue weighted by molar-refractivity contribution is 5.66. The summed E-state index contributed by atoms with van der Waals surface area (Å²) in [5.41, 5.74) is 7.03. The summed E-state index contributed by atoms with van der Waals surface area (Å²) in [6.07, 6.45) is 2.39. The van der Waals surface area contributed by atoms with E-state index >= 15 is 0 Å². The van der Waals surface area contributed by atoms with Crippen LogP contribution in [0.1, 0.15) is 19.8 Å². The molecule has 2 unspecified atom stereocenters. The highest BCUT2D eigenvalue weighted by Gasteiger charge is 2.35. The number of halogens is 1. The number of nitrogens with two attached hydrogens (primary N) is 1. The van der Waals surface area contributed by atoms with Gasteiger partial charge in [0.1, 0.15) is 5.82 Å². The van der Waals surface area contributed by atoms with Crippen molar-refractivity contribution in [1.82, 2.24) is 0 Å². The third-order valence-corrected chi connectivity index (χ3v) is 2.80. The van der Waals surface area contributed by atoms with Crippen LogP contribution in [0.4, 0.5) is 15.8 Å². The number of nitrogen functional groups attached to an aromatic ring is 1. The molecular weight excluding hydrogens is 179 g/mol. The van der Waals surface area contributed by atoms with E-state index in [0.717, 1.165) is 11.6 Å². The first-order valence-electron chi connectivity index (χ1n) is 5.02. The fourth-order valence-corrected chi connectivity index (χ4v) is 1.74. The van der Waals surface area contributed by atoms with E-state index < -0.39 is 0 Å². The quantitative estimate of drug-likeness (QED) is 0.726. The van der Waals surface area contributed by atoms with Gasteiger partial charge < -0.3 is 11.1 Å². The average Bonchev–Trinajstić information content (AvgIpc) is 2.89. The largest absolute Gasteiger partial charge is 0.397 e. The minimum atomic E-state index is -0.282. The Morgan fingerprint density at radius 3 is 2.93 bits per heavy atom. The maximum Gasteiger partial charge on any atom is 0.125 e. The number of hydrogen-bond donors (Lipinski definition) is 2. The molecule has 2 nitrogen and oxygen atoms in total. The van der Waals surface area contributed by atoms with Gasteiger partial charge in [-0.1, -0.05) is 13.3 Å².